The van der Waals surface area contributed by atoms with Crippen LogP contribution in [0.1, 0.15) is 22.8 Å². The normalized spacial score (nSPS) is 20.9. The lowest BCUT2D eigenvalue weighted by Crippen LogP contribution is -2.57. The van der Waals surface area contributed by atoms with E-state index in [0.717, 1.165) is 5.56 Å². The fraction of sp³-hybridized carbons (Fsp3) is 0.438. The number of carbonyl (C=O) groups is 3. The summed E-state index contributed by atoms with van der Waals surface area (Å²) >= 11 is 0. The minimum atomic E-state index is -0.489. The lowest BCUT2D eigenvalue weighted by molar-refractivity contribution is -0.137. The van der Waals surface area contributed by atoms with Crippen LogP contribution in [0.15, 0.2) is 18.2 Å². The first kappa shape index (κ1) is 15.3. The molecule has 4 amide bonds. The Morgan fingerprint density at radius 2 is 2.09 bits per heavy atom. The topological polar surface area (TPSA) is 81.8 Å². The van der Waals surface area contributed by atoms with Crippen LogP contribution in [-0.2, 0) is 11.2 Å². The number of nitrogens with one attached hydrogen (secondary N) is 2. The molecule has 1 aromatic rings. The zero-order valence-electron chi connectivity index (χ0n) is 13.3. The standard InChI is InChI=1S/C16H20N4O3/c1-10-15(22)19(2)8-9-20(10)16(23)18-13-5-3-4-12-11(13)6-7-17-14(12)21/h3-5,10H,6-9H2,1-2H3,(H,17,21)(H,18,23). The van der Waals surface area contributed by atoms with Crippen LogP contribution in [0.2, 0.25) is 0 Å². The van der Waals surface area contributed by atoms with Crippen molar-refractivity contribution in [3.05, 3.63) is 29.3 Å². The van der Waals surface area contributed by atoms with Gasteiger partial charge < -0.3 is 20.4 Å². The molecule has 1 fully saturated rings. The Morgan fingerprint density at radius 1 is 1.30 bits per heavy atom. The minimum absolute atomic E-state index is 0.0686. The van der Waals surface area contributed by atoms with Crippen LogP contribution in [0, 0.1) is 0 Å². The van der Waals surface area contributed by atoms with Gasteiger partial charge in [-0.3, -0.25) is 9.59 Å². The van der Waals surface area contributed by atoms with Crippen molar-refractivity contribution in [1.29, 1.82) is 0 Å². The molecule has 1 aromatic carbocycles. The number of benzene rings is 1. The Balaban J connectivity index is 1.80. The Bertz CT molecular complexity index is 673. The van der Waals surface area contributed by atoms with Gasteiger partial charge in [0.25, 0.3) is 5.91 Å². The third kappa shape index (κ3) is 2.74. The van der Waals surface area contributed by atoms with E-state index < -0.39 is 6.04 Å². The van der Waals surface area contributed by atoms with E-state index in [4.69, 9.17) is 0 Å². The van der Waals surface area contributed by atoms with Crippen LogP contribution in [0.3, 0.4) is 0 Å². The first-order chi connectivity index (χ1) is 11.0. The molecular weight excluding hydrogens is 296 g/mol. The largest absolute Gasteiger partial charge is 0.352 e. The lowest BCUT2D eigenvalue weighted by atomic mass is 9.98. The Kier molecular flexibility index (Phi) is 3.94. The molecule has 23 heavy (non-hydrogen) atoms. The summed E-state index contributed by atoms with van der Waals surface area (Å²) in [6.07, 6.45) is 0.675. The molecule has 7 nitrogen and oxygen atoms in total. The number of likely N-dealkylation sites (N-methyl/N-ethyl adjacent to an activating group) is 1. The quantitative estimate of drug-likeness (QED) is 0.799. The second-order valence-corrected chi connectivity index (χ2v) is 5.90. The summed E-state index contributed by atoms with van der Waals surface area (Å²) in [6.45, 7) is 3.30. The van der Waals surface area contributed by atoms with Gasteiger partial charge in [-0.2, -0.15) is 0 Å². The first-order valence-electron chi connectivity index (χ1n) is 7.71. The molecule has 0 radical (unpaired) electrons. The highest BCUT2D eigenvalue weighted by molar-refractivity contribution is 6.00. The Morgan fingerprint density at radius 3 is 2.87 bits per heavy atom. The molecule has 2 aliphatic rings. The smallest absolute Gasteiger partial charge is 0.322 e. The summed E-state index contributed by atoms with van der Waals surface area (Å²) in [7, 11) is 1.74. The predicted octanol–water partition coefficient (Wildman–Crippen LogP) is 0.667. The van der Waals surface area contributed by atoms with Crippen LogP contribution in [-0.4, -0.2) is 60.4 Å². The number of urea groups is 1. The van der Waals surface area contributed by atoms with Gasteiger partial charge in [-0.15, -0.1) is 0 Å². The fourth-order valence-corrected chi connectivity index (χ4v) is 3.06. The van der Waals surface area contributed by atoms with Gasteiger partial charge in [-0.05, 0) is 31.0 Å². The molecule has 2 heterocycles. The monoisotopic (exact) mass is 316 g/mol. The van der Waals surface area contributed by atoms with E-state index in [1.54, 1.807) is 37.1 Å². The molecular formula is C16H20N4O3. The molecule has 122 valence electrons. The summed E-state index contributed by atoms with van der Waals surface area (Å²) in [5, 5.41) is 5.65. The van der Waals surface area contributed by atoms with Gasteiger partial charge >= 0.3 is 6.03 Å². The highest BCUT2D eigenvalue weighted by atomic mass is 16.2. The molecule has 0 saturated carbocycles. The predicted molar refractivity (Wildman–Crippen MR) is 85.3 cm³/mol. The van der Waals surface area contributed by atoms with E-state index in [0.29, 0.717) is 37.3 Å². The van der Waals surface area contributed by atoms with Crippen LogP contribution >= 0.6 is 0 Å². The number of piperazine rings is 1. The van der Waals surface area contributed by atoms with Crippen molar-refractivity contribution in [2.24, 2.45) is 0 Å². The van der Waals surface area contributed by atoms with Crippen molar-refractivity contribution in [1.82, 2.24) is 15.1 Å². The lowest BCUT2D eigenvalue weighted by Gasteiger charge is -2.37. The maximum atomic E-state index is 12.5. The van der Waals surface area contributed by atoms with E-state index in [1.165, 1.54) is 4.90 Å². The van der Waals surface area contributed by atoms with E-state index in [1.807, 2.05) is 0 Å². The molecule has 0 spiro atoms. The number of hydrogen-bond donors (Lipinski definition) is 2. The van der Waals surface area contributed by atoms with Crippen LogP contribution in [0.25, 0.3) is 0 Å². The summed E-state index contributed by atoms with van der Waals surface area (Å²) in [4.78, 5) is 39.6. The molecule has 1 unspecified atom stereocenters. The summed E-state index contributed by atoms with van der Waals surface area (Å²) < 4.78 is 0. The zero-order valence-corrected chi connectivity index (χ0v) is 13.3. The summed E-state index contributed by atoms with van der Waals surface area (Å²) in [5.41, 5.74) is 2.08. The summed E-state index contributed by atoms with van der Waals surface area (Å²) in [6, 6.07) is 4.49. The Labute approximate surface area is 134 Å². The van der Waals surface area contributed by atoms with Gasteiger partial charge in [-0.25, -0.2) is 4.79 Å². The van der Waals surface area contributed by atoms with Crippen molar-refractivity contribution in [2.75, 3.05) is 32.0 Å². The van der Waals surface area contributed by atoms with Gasteiger partial charge in [0.2, 0.25) is 5.91 Å². The van der Waals surface area contributed by atoms with Crippen molar-refractivity contribution in [3.8, 4) is 0 Å². The molecule has 1 atom stereocenters. The third-order valence-electron chi connectivity index (χ3n) is 4.46. The first-order valence-corrected chi connectivity index (χ1v) is 7.71. The molecule has 7 heteroatoms. The highest BCUT2D eigenvalue weighted by Crippen LogP contribution is 2.24. The van der Waals surface area contributed by atoms with E-state index in [-0.39, 0.29) is 17.8 Å². The van der Waals surface area contributed by atoms with E-state index in [2.05, 4.69) is 10.6 Å². The number of anilines is 1. The van der Waals surface area contributed by atoms with Crippen molar-refractivity contribution in [2.45, 2.75) is 19.4 Å². The van der Waals surface area contributed by atoms with E-state index >= 15 is 0 Å². The molecule has 0 bridgehead atoms. The second-order valence-electron chi connectivity index (χ2n) is 5.90. The second kappa shape index (κ2) is 5.91. The molecule has 2 aliphatic heterocycles. The molecule has 3 rings (SSSR count). The third-order valence-corrected chi connectivity index (χ3v) is 4.46. The van der Waals surface area contributed by atoms with E-state index in [9.17, 15) is 14.4 Å². The van der Waals surface area contributed by atoms with Gasteiger partial charge in [0, 0.05) is 37.9 Å². The van der Waals surface area contributed by atoms with Crippen molar-refractivity contribution in [3.63, 3.8) is 0 Å². The average Bonchev–Trinajstić information content (AvgIpc) is 2.53. The number of nitrogens with zero attached hydrogens (tertiary/aromatic N) is 2. The molecule has 0 aromatic heterocycles. The van der Waals surface area contributed by atoms with Crippen LogP contribution < -0.4 is 10.6 Å². The van der Waals surface area contributed by atoms with Gasteiger partial charge in [0.1, 0.15) is 6.04 Å². The number of amides is 4. The minimum Gasteiger partial charge on any atom is -0.352 e. The van der Waals surface area contributed by atoms with Crippen LogP contribution in [0.5, 0.6) is 0 Å². The number of carbonyl (C=O) groups excluding carboxylic acids is 3. The molecule has 2 N–H and O–H groups in total. The van der Waals surface area contributed by atoms with Gasteiger partial charge in [0.05, 0.1) is 0 Å². The number of hydrogen-bond acceptors (Lipinski definition) is 3. The zero-order chi connectivity index (χ0) is 16.6. The maximum Gasteiger partial charge on any atom is 0.322 e. The van der Waals surface area contributed by atoms with Crippen molar-refractivity contribution >= 4 is 23.5 Å². The number of rotatable bonds is 1. The highest BCUT2D eigenvalue weighted by Gasteiger charge is 2.33. The molecule has 0 aliphatic carbocycles. The van der Waals surface area contributed by atoms with Crippen LogP contribution in [0.4, 0.5) is 10.5 Å². The van der Waals surface area contributed by atoms with Gasteiger partial charge in [-0.1, -0.05) is 6.07 Å². The fourth-order valence-electron chi connectivity index (χ4n) is 3.06. The van der Waals surface area contributed by atoms with Crippen molar-refractivity contribution < 1.29 is 14.4 Å². The maximum absolute atomic E-state index is 12.5. The SMILES string of the molecule is CC1C(=O)N(C)CCN1C(=O)Nc1cccc2c1CCNC2=O. The van der Waals surface area contributed by atoms with Gasteiger partial charge in [0.15, 0.2) is 0 Å². The Hall–Kier alpha value is -2.57. The average molecular weight is 316 g/mol. The summed E-state index contributed by atoms with van der Waals surface area (Å²) in [5.74, 6) is -0.189. The number of fused-ring (bicyclic) bond motifs is 1. The molecule has 1 saturated heterocycles.